The van der Waals surface area contributed by atoms with Crippen molar-refractivity contribution in [1.29, 1.82) is 0 Å². The number of methoxy groups -OCH3 is 1. The minimum atomic E-state index is -4.47. The Balaban J connectivity index is 1.83. The predicted molar refractivity (Wildman–Crippen MR) is 108 cm³/mol. The van der Waals surface area contributed by atoms with Crippen molar-refractivity contribution in [3.8, 4) is 16.3 Å². The van der Waals surface area contributed by atoms with Crippen molar-refractivity contribution < 1.29 is 27.5 Å². The third-order valence-electron chi connectivity index (χ3n) is 3.94. The Labute approximate surface area is 173 Å². The molecule has 2 aromatic carbocycles. The van der Waals surface area contributed by atoms with Crippen molar-refractivity contribution in [2.45, 2.75) is 13.1 Å². The maximum atomic E-state index is 12.9. The van der Waals surface area contributed by atoms with Gasteiger partial charge in [-0.3, -0.25) is 9.59 Å². The lowest BCUT2D eigenvalue weighted by Crippen LogP contribution is -2.14. The van der Waals surface area contributed by atoms with E-state index in [0.29, 0.717) is 17.1 Å². The first kappa shape index (κ1) is 21.3. The molecular formula is C20H16F3N3O3S. The summed E-state index contributed by atoms with van der Waals surface area (Å²) >= 11 is 1.05. The highest BCUT2D eigenvalue weighted by Gasteiger charge is 2.30. The van der Waals surface area contributed by atoms with Gasteiger partial charge in [0.05, 0.1) is 18.4 Å². The molecule has 3 aromatic rings. The molecule has 0 spiro atoms. The maximum Gasteiger partial charge on any atom is 0.416 e. The van der Waals surface area contributed by atoms with E-state index in [1.54, 1.807) is 12.1 Å². The zero-order chi connectivity index (χ0) is 21.9. The smallest absolute Gasteiger partial charge is 0.416 e. The largest absolute Gasteiger partial charge is 0.495 e. The van der Waals surface area contributed by atoms with Gasteiger partial charge in [0.1, 0.15) is 16.5 Å². The molecule has 0 saturated heterocycles. The molecule has 0 aliphatic heterocycles. The van der Waals surface area contributed by atoms with Crippen molar-refractivity contribution >= 4 is 34.5 Å². The van der Waals surface area contributed by atoms with Crippen LogP contribution in [0.5, 0.6) is 5.75 Å². The summed E-state index contributed by atoms with van der Waals surface area (Å²) < 4.78 is 44.0. The number of hydrogen-bond acceptors (Lipinski definition) is 5. The Morgan fingerprint density at radius 3 is 2.53 bits per heavy atom. The quantitative estimate of drug-likeness (QED) is 0.588. The molecule has 0 fully saturated rings. The summed E-state index contributed by atoms with van der Waals surface area (Å²) in [7, 11) is 1.43. The van der Waals surface area contributed by atoms with Crippen LogP contribution in [0.3, 0.4) is 0 Å². The summed E-state index contributed by atoms with van der Waals surface area (Å²) in [6.07, 6.45) is -4.47. The fourth-order valence-electron chi connectivity index (χ4n) is 2.61. The van der Waals surface area contributed by atoms with Crippen LogP contribution in [0.2, 0.25) is 0 Å². The molecule has 1 aromatic heterocycles. The molecule has 0 aliphatic carbocycles. The van der Waals surface area contributed by atoms with Crippen LogP contribution in [0.4, 0.5) is 24.5 Å². The number of rotatable bonds is 5. The molecule has 0 saturated carbocycles. The van der Waals surface area contributed by atoms with E-state index in [1.165, 1.54) is 37.6 Å². The molecule has 3 rings (SSSR count). The lowest BCUT2D eigenvalue weighted by molar-refractivity contribution is -0.137. The standard InChI is InChI=1S/C20H16F3N3O3S/c1-11(27)24-14-6-7-17(29-2)15(9-14)25-18(28)16-10-30-19(26-16)12-4-3-5-13(8-12)20(21,22)23/h3-10H,1-2H3,(H,24,27)(H,25,28). The summed E-state index contributed by atoms with van der Waals surface area (Å²) in [5, 5.41) is 6.98. The molecule has 0 radical (unpaired) electrons. The van der Waals surface area contributed by atoms with Gasteiger partial charge in [0, 0.05) is 23.6 Å². The topological polar surface area (TPSA) is 80.3 Å². The maximum absolute atomic E-state index is 12.9. The summed E-state index contributed by atoms with van der Waals surface area (Å²) in [6, 6.07) is 9.46. The first-order chi connectivity index (χ1) is 14.2. The van der Waals surface area contributed by atoms with Crippen molar-refractivity contribution in [3.63, 3.8) is 0 Å². The highest BCUT2D eigenvalue weighted by Crippen LogP contribution is 2.33. The van der Waals surface area contributed by atoms with Crippen LogP contribution in [0.15, 0.2) is 47.8 Å². The normalized spacial score (nSPS) is 11.1. The fraction of sp³-hybridized carbons (Fsp3) is 0.150. The summed E-state index contributed by atoms with van der Waals surface area (Å²) in [6.45, 7) is 1.35. The van der Waals surface area contributed by atoms with Crippen molar-refractivity contribution in [3.05, 3.63) is 59.1 Å². The molecular weight excluding hydrogens is 419 g/mol. The van der Waals surface area contributed by atoms with Gasteiger partial charge in [0.15, 0.2) is 0 Å². The zero-order valence-electron chi connectivity index (χ0n) is 15.8. The van der Waals surface area contributed by atoms with E-state index < -0.39 is 17.6 Å². The number of carbonyl (C=O) groups excluding carboxylic acids is 2. The van der Waals surface area contributed by atoms with Crippen LogP contribution in [-0.2, 0) is 11.0 Å². The monoisotopic (exact) mass is 435 g/mol. The highest BCUT2D eigenvalue weighted by molar-refractivity contribution is 7.13. The lowest BCUT2D eigenvalue weighted by atomic mass is 10.1. The van der Waals surface area contributed by atoms with E-state index in [1.807, 2.05) is 0 Å². The van der Waals surface area contributed by atoms with Crippen LogP contribution in [0, 0.1) is 0 Å². The summed E-state index contributed by atoms with van der Waals surface area (Å²) in [5.41, 5.74) is 0.281. The molecule has 30 heavy (non-hydrogen) atoms. The molecule has 2 N–H and O–H groups in total. The Kier molecular flexibility index (Phi) is 6.06. The second-order valence-corrected chi connectivity index (χ2v) is 7.02. The molecule has 2 amide bonds. The Morgan fingerprint density at radius 2 is 1.87 bits per heavy atom. The van der Waals surface area contributed by atoms with Gasteiger partial charge in [-0.25, -0.2) is 4.98 Å². The third kappa shape index (κ3) is 4.95. The molecule has 1 heterocycles. The first-order valence-electron chi connectivity index (χ1n) is 8.57. The van der Waals surface area contributed by atoms with Gasteiger partial charge in [-0.2, -0.15) is 13.2 Å². The average Bonchev–Trinajstić information content (AvgIpc) is 3.18. The van der Waals surface area contributed by atoms with Gasteiger partial charge in [-0.1, -0.05) is 12.1 Å². The third-order valence-corrected chi connectivity index (χ3v) is 4.83. The molecule has 10 heteroatoms. The zero-order valence-corrected chi connectivity index (χ0v) is 16.6. The van der Waals surface area contributed by atoms with Crippen molar-refractivity contribution in [1.82, 2.24) is 4.98 Å². The van der Waals surface area contributed by atoms with Crippen LogP contribution in [0.25, 0.3) is 10.6 Å². The number of halogens is 3. The molecule has 0 aliphatic rings. The molecule has 0 bridgehead atoms. The van der Waals surface area contributed by atoms with Crippen LogP contribution in [-0.4, -0.2) is 23.9 Å². The minimum Gasteiger partial charge on any atom is -0.495 e. The number of anilines is 2. The van der Waals surface area contributed by atoms with Gasteiger partial charge < -0.3 is 15.4 Å². The van der Waals surface area contributed by atoms with E-state index in [4.69, 9.17) is 4.74 Å². The summed E-state index contributed by atoms with van der Waals surface area (Å²) in [5.74, 6) is -0.476. The van der Waals surface area contributed by atoms with Crippen LogP contribution < -0.4 is 15.4 Å². The van der Waals surface area contributed by atoms with Gasteiger partial charge in [0.2, 0.25) is 5.91 Å². The number of nitrogens with zero attached hydrogens (tertiary/aromatic N) is 1. The minimum absolute atomic E-state index is 0.0411. The second-order valence-electron chi connectivity index (χ2n) is 6.17. The van der Waals surface area contributed by atoms with Crippen LogP contribution in [0.1, 0.15) is 23.0 Å². The van der Waals surface area contributed by atoms with Crippen molar-refractivity contribution in [2.75, 3.05) is 17.7 Å². The van der Waals surface area contributed by atoms with E-state index in [9.17, 15) is 22.8 Å². The van der Waals surface area contributed by atoms with Gasteiger partial charge in [0.25, 0.3) is 5.91 Å². The number of alkyl halides is 3. The lowest BCUT2D eigenvalue weighted by Gasteiger charge is -2.11. The first-order valence-corrected chi connectivity index (χ1v) is 9.45. The van der Waals surface area contributed by atoms with Crippen molar-refractivity contribution in [2.24, 2.45) is 0 Å². The molecule has 0 atom stereocenters. The average molecular weight is 435 g/mol. The number of benzene rings is 2. The van der Waals surface area contributed by atoms with E-state index >= 15 is 0 Å². The summed E-state index contributed by atoms with van der Waals surface area (Å²) in [4.78, 5) is 28.0. The highest BCUT2D eigenvalue weighted by atomic mass is 32.1. The SMILES string of the molecule is COc1ccc(NC(C)=O)cc1NC(=O)c1csc(-c2cccc(C(F)(F)F)c2)n1. The van der Waals surface area contributed by atoms with Gasteiger partial charge in [-0.05, 0) is 30.3 Å². The number of amides is 2. The Bertz CT molecular complexity index is 1100. The number of nitrogens with one attached hydrogen (secondary N) is 2. The van der Waals surface area contributed by atoms with E-state index in [-0.39, 0.29) is 22.2 Å². The van der Waals surface area contributed by atoms with E-state index in [2.05, 4.69) is 15.6 Å². The second kappa shape index (κ2) is 8.54. The Morgan fingerprint density at radius 1 is 1.10 bits per heavy atom. The van der Waals surface area contributed by atoms with Gasteiger partial charge in [-0.15, -0.1) is 11.3 Å². The number of ether oxygens (including phenoxy) is 1. The predicted octanol–water partition coefficient (Wildman–Crippen LogP) is 5.05. The Hall–Kier alpha value is -3.40. The van der Waals surface area contributed by atoms with E-state index in [0.717, 1.165) is 23.5 Å². The number of carbonyl (C=O) groups is 2. The number of hydrogen-bond donors (Lipinski definition) is 2. The van der Waals surface area contributed by atoms with Gasteiger partial charge >= 0.3 is 6.18 Å². The number of aromatic nitrogens is 1. The molecule has 0 unspecified atom stereocenters. The number of thiazole rings is 1. The van der Waals surface area contributed by atoms with Crippen LogP contribution >= 0.6 is 11.3 Å². The molecule has 156 valence electrons. The fourth-order valence-corrected chi connectivity index (χ4v) is 3.41. The molecule has 6 nitrogen and oxygen atoms in total.